The molecule has 0 bridgehead atoms. The highest BCUT2D eigenvalue weighted by Gasteiger charge is 2.25. The van der Waals surface area contributed by atoms with Crippen LogP contribution in [0.1, 0.15) is 17.5 Å². The van der Waals surface area contributed by atoms with Crippen molar-refractivity contribution in [3.05, 3.63) is 51.5 Å². The van der Waals surface area contributed by atoms with Crippen molar-refractivity contribution in [1.29, 1.82) is 0 Å². The molecule has 0 aliphatic carbocycles. The van der Waals surface area contributed by atoms with E-state index in [9.17, 15) is 9.90 Å². The van der Waals surface area contributed by atoms with Crippen molar-refractivity contribution < 1.29 is 14.6 Å². The summed E-state index contributed by atoms with van der Waals surface area (Å²) in [7, 11) is 0. The van der Waals surface area contributed by atoms with Crippen LogP contribution in [0.15, 0.2) is 30.5 Å². The Morgan fingerprint density at radius 3 is 2.72 bits per heavy atom. The molecule has 3 aromatic rings. The summed E-state index contributed by atoms with van der Waals surface area (Å²) >= 11 is 12.9. The SMILES string of the molecule is CCOC(=O)/C(=C(\O)c1cnc(Cl)nc1Cl)c1nc2ccccc2s1. The van der Waals surface area contributed by atoms with Gasteiger partial charge >= 0.3 is 5.97 Å². The van der Waals surface area contributed by atoms with Gasteiger partial charge < -0.3 is 9.84 Å². The molecule has 1 N–H and O–H groups in total. The number of para-hydroxylation sites is 1. The molecule has 1 aromatic carbocycles. The molecule has 0 aliphatic rings. The average molecular weight is 396 g/mol. The highest BCUT2D eigenvalue weighted by Crippen LogP contribution is 2.33. The molecule has 0 amide bonds. The summed E-state index contributed by atoms with van der Waals surface area (Å²) in [5.41, 5.74) is 0.666. The smallest absolute Gasteiger partial charge is 0.345 e. The fourth-order valence-electron chi connectivity index (χ4n) is 2.10. The van der Waals surface area contributed by atoms with Gasteiger partial charge in [0.2, 0.25) is 5.28 Å². The zero-order valence-electron chi connectivity index (χ0n) is 12.9. The number of ether oxygens (including phenoxy) is 1. The molecule has 0 unspecified atom stereocenters. The fraction of sp³-hybridized carbons (Fsp3) is 0.125. The van der Waals surface area contributed by atoms with Crippen molar-refractivity contribution in [1.82, 2.24) is 15.0 Å². The van der Waals surface area contributed by atoms with Crippen molar-refractivity contribution in [2.45, 2.75) is 6.92 Å². The third-order valence-corrected chi connectivity index (χ3v) is 4.72. The molecule has 0 aliphatic heterocycles. The van der Waals surface area contributed by atoms with Crippen LogP contribution in [0.4, 0.5) is 0 Å². The number of carbonyl (C=O) groups is 1. The second kappa shape index (κ2) is 7.35. The largest absolute Gasteiger partial charge is 0.506 e. The Bertz CT molecular complexity index is 955. The number of thiazole rings is 1. The van der Waals surface area contributed by atoms with Gasteiger partial charge in [0.25, 0.3) is 0 Å². The Kier molecular flexibility index (Phi) is 5.17. The van der Waals surface area contributed by atoms with Crippen LogP contribution in [0.5, 0.6) is 0 Å². The number of fused-ring (bicyclic) bond motifs is 1. The lowest BCUT2D eigenvalue weighted by atomic mass is 10.1. The summed E-state index contributed by atoms with van der Waals surface area (Å²) in [6.07, 6.45) is 1.24. The zero-order chi connectivity index (χ0) is 18.0. The molecule has 9 heteroatoms. The first kappa shape index (κ1) is 17.6. The van der Waals surface area contributed by atoms with E-state index in [1.807, 2.05) is 24.3 Å². The number of benzene rings is 1. The number of carbonyl (C=O) groups excluding carboxylic acids is 1. The number of rotatable bonds is 4. The highest BCUT2D eigenvalue weighted by molar-refractivity contribution is 7.19. The third-order valence-electron chi connectivity index (χ3n) is 3.19. The molecule has 0 atom stereocenters. The average Bonchev–Trinajstić information content (AvgIpc) is 2.98. The van der Waals surface area contributed by atoms with Crippen LogP contribution in [0, 0.1) is 0 Å². The van der Waals surface area contributed by atoms with E-state index in [2.05, 4.69) is 15.0 Å². The molecule has 0 saturated heterocycles. The molecular formula is C16H11Cl2N3O3S. The molecular weight excluding hydrogens is 385 g/mol. The van der Waals surface area contributed by atoms with E-state index in [1.54, 1.807) is 6.92 Å². The molecule has 6 nitrogen and oxygen atoms in total. The van der Waals surface area contributed by atoms with Gasteiger partial charge in [0.15, 0.2) is 0 Å². The van der Waals surface area contributed by atoms with Crippen LogP contribution >= 0.6 is 34.5 Å². The normalized spacial score (nSPS) is 12.1. The predicted octanol–water partition coefficient (Wildman–Crippen LogP) is 4.38. The number of esters is 1. The quantitative estimate of drug-likeness (QED) is 0.232. The van der Waals surface area contributed by atoms with E-state index in [0.29, 0.717) is 10.5 Å². The van der Waals surface area contributed by atoms with E-state index in [4.69, 9.17) is 27.9 Å². The summed E-state index contributed by atoms with van der Waals surface area (Å²) in [4.78, 5) is 24.4. The van der Waals surface area contributed by atoms with E-state index in [0.717, 1.165) is 4.70 Å². The molecule has 0 saturated carbocycles. The van der Waals surface area contributed by atoms with Crippen molar-refractivity contribution in [2.24, 2.45) is 0 Å². The van der Waals surface area contributed by atoms with Crippen LogP contribution in [-0.2, 0) is 9.53 Å². The topological polar surface area (TPSA) is 85.2 Å². The minimum absolute atomic E-state index is 0.0633. The van der Waals surface area contributed by atoms with Gasteiger partial charge in [0.05, 0.1) is 22.4 Å². The van der Waals surface area contributed by atoms with Crippen molar-refractivity contribution in [2.75, 3.05) is 6.61 Å². The van der Waals surface area contributed by atoms with E-state index in [1.165, 1.54) is 17.5 Å². The lowest BCUT2D eigenvalue weighted by Gasteiger charge is -2.09. The summed E-state index contributed by atoms with van der Waals surface area (Å²) < 4.78 is 5.93. The van der Waals surface area contributed by atoms with Gasteiger partial charge in [0.1, 0.15) is 21.5 Å². The lowest BCUT2D eigenvalue weighted by molar-refractivity contribution is -0.136. The Hall–Kier alpha value is -2.22. The lowest BCUT2D eigenvalue weighted by Crippen LogP contribution is -2.09. The van der Waals surface area contributed by atoms with Gasteiger partial charge in [0, 0.05) is 6.20 Å². The number of aromatic nitrogens is 3. The van der Waals surface area contributed by atoms with Gasteiger partial charge in [-0.2, -0.15) is 0 Å². The van der Waals surface area contributed by atoms with Crippen LogP contribution < -0.4 is 0 Å². The first-order valence-corrected chi connectivity index (χ1v) is 8.73. The first-order valence-electron chi connectivity index (χ1n) is 7.16. The summed E-state index contributed by atoms with van der Waals surface area (Å²) in [5, 5.41) is 10.8. The van der Waals surface area contributed by atoms with Gasteiger partial charge in [-0.25, -0.2) is 19.7 Å². The number of aliphatic hydroxyl groups excluding tert-OH is 1. The second-order valence-corrected chi connectivity index (χ2v) is 6.50. The molecule has 0 fully saturated rings. The molecule has 128 valence electrons. The minimum Gasteiger partial charge on any atom is -0.506 e. The maximum Gasteiger partial charge on any atom is 0.345 e. The fourth-order valence-corrected chi connectivity index (χ4v) is 3.50. The minimum atomic E-state index is -0.718. The Balaban J connectivity index is 2.21. The maximum atomic E-state index is 12.4. The second-order valence-electron chi connectivity index (χ2n) is 4.77. The van der Waals surface area contributed by atoms with Crippen LogP contribution in [0.3, 0.4) is 0 Å². The maximum absolute atomic E-state index is 12.4. The van der Waals surface area contributed by atoms with E-state index in [-0.39, 0.29) is 28.2 Å². The van der Waals surface area contributed by atoms with Gasteiger partial charge in [-0.15, -0.1) is 11.3 Å². The monoisotopic (exact) mass is 395 g/mol. The Labute approximate surface area is 156 Å². The van der Waals surface area contributed by atoms with Gasteiger partial charge in [-0.05, 0) is 30.7 Å². The summed E-state index contributed by atoms with van der Waals surface area (Å²) in [5.74, 6) is -1.13. The van der Waals surface area contributed by atoms with Crippen LogP contribution in [-0.4, -0.2) is 32.6 Å². The number of halogens is 2. The molecule has 0 radical (unpaired) electrons. The van der Waals surface area contributed by atoms with Crippen molar-refractivity contribution in [3.63, 3.8) is 0 Å². The van der Waals surface area contributed by atoms with Crippen molar-refractivity contribution >= 4 is 62.1 Å². The molecule has 3 rings (SSSR count). The van der Waals surface area contributed by atoms with Crippen LogP contribution in [0.25, 0.3) is 21.5 Å². The zero-order valence-corrected chi connectivity index (χ0v) is 15.2. The first-order chi connectivity index (χ1) is 12.0. The molecule has 25 heavy (non-hydrogen) atoms. The third kappa shape index (κ3) is 3.58. The Morgan fingerprint density at radius 1 is 1.28 bits per heavy atom. The van der Waals surface area contributed by atoms with Gasteiger partial charge in [-0.3, -0.25) is 0 Å². The summed E-state index contributed by atoms with van der Waals surface area (Å²) in [6.45, 7) is 1.81. The summed E-state index contributed by atoms with van der Waals surface area (Å²) in [6, 6.07) is 7.38. The molecule has 0 spiro atoms. The molecule has 2 aromatic heterocycles. The number of aliphatic hydroxyl groups is 1. The van der Waals surface area contributed by atoms with Crippen molar-refractivity contribution in [3.8, 4) is 0 Å². The standard InChI is InChI=1S/C16H11Cl2N3O3S/c1-2-24-15(23)11(12(22)8-7-19-16(18)21-13(8)17)14-20-9-5-3-4-6-10(9)25-14/h3-7,22H,2H2,1H3/b12-11-. The van der Waals surface area contributed by atoms with Gasteiger partial charge in [-0.1, -0.05) is 23.7 Å². The number of nitrogens with zero attached hydrogens (tertiary/aromatic N) is 3. The number of hydrogen-bond acceptors (Lipinski definition) is 7. The van der Waals surface area contributed by atoms with E-state index < -0.39 is 11.7 Å². The van der Waals surface area contributed by atoms with E-state index >= 15 is 0 Å². The molecule has 2 heterocycles. The highest BCUT2D eigenvalue weighted by atomic mass is 35.5. The Morgan fingerprint density at radius 2 is 2.04 bits per heavy atom. The van der Waals surface area contributed by atoms with Crippen LogP contribution in [0.2, 0.25) is 10.4 Å². The number of hydrogen-bond donors (Lipinski definition) is 1. The predicted molar refractivity (Wildman–Crippen MR) is 97.7 cm³/mol.